The number of rotatable bonds is 9. The lowest BCUT2D eigenvalue weighted by Crippen LogP contribution is -2.28. The van der Waals surface area contributed by atoms with Gasteiger partial charge in [-0.05, 0) is 24.3 Å². The number of thioether (sulfide) groups is 2. The number of fused-ring (bicyclic) bond motifs is 2. The average Bonchev–Trinajstić information content (AvgIpc) is 3.18. The Morgan fingerprint density at radius 3 is 1.36 bits per heavy atom. The zero-order valence-corrected chi connectivity index (χ0v) is 27.9. The molecule has 6 aromatic rings. The lowest BCUT2D eigenvalue weighted by Gasteiger charge is -2.19. The number of hydrogen-bond acceptors (Lipinski definition) is 12. The Hall–Kier alpha value is -5.86. The molecule has 0 amide bonds. The van der Waals surface area contributed by atoms with Crippen LogP contribution in [-0.4, -0.2) is 65.9 Å². The van der Waals surface area contributed by atoms with E-state index in [-0.39, 0.29) is 35.7 Å². The van der Waals surface area contributed by atoms with Gasteiger partial charge in [0.1, 0.15) is 24.7 Å². The Balaban J connectivity index is 0.990. The summed E-state index contributed by atoms with van der Waals surface area (Å²) in [5, 5.41) is 27.1. The highest BCUT2D eigenvalue weighted by Crippen LogP contribution is 2.29. The van der Waals surface area contributed by atoms with Gasteiger partial charge in [0.05, 0.1) is 11.4 Å². The normalized spacial score (nSPS) is 13.4. The molecule has 0 radical (unpaired) electrons. The summed E-state index contributed by atoms with van der Waals surface area (Å²) in [5.74, 6) is 2.22. The van der Waals surface area contributed by atoms with Gasteiger partial charge in [-0.25, -0.2) is 0 Å². The molecular weight excluding hydrogens is 673 g/mol. The van der Waals surface area contributed by atoms with Crippen molar-refractivity contribution in [2.75, 3.05) is 24.7 Å². The molecule has 0 bridgehead atoms. The van der Waals surface area contributed by atoms with Crippen LogP contribution in [0.3, 0.4) is 0 Å². The summed E-state index contributed by atoms with van der Waals surface area (Å²) in [5.41, 5.74) is 4.06. The third-order valence-electron chi connectivity index (χ3n) is 7.83. The number of benzene rings is 4. The van der Waals surface area contributed by atoms with Gasteiger partial charge in [0.2, 0.25) is 10.3 Å². The number of ether oxygens (including phenoxy) is 2. The summed E-state index contributed by atoms with van der Waals surface area (Å²) in [6.07, 6.45) is 0. The van der Waals surface area contributed by atoms with E-state index >= 15 is 0 Å². The predicted molar refractivity (Wildman–Crippen MR) is 193 cm³/mol. The molecule has 0 spiro atoms. The Morgan fingerprint density at radius 2 is 0.920 bits per heavy atom. The minimum atomic E-state index is -0.338. The number of nitrogens with zero attached hydrogens (tertiary/aromatic N) is 8. The SMILES string of the molecule is O=c1c(-c2ccccc2)nnc2n1N=C(c1ccccc1OCCOc1ccccc1C1=Nn3c(nnc(-c4ccccc4)c3=O)SC1)CS2. The molecule has 2 aliphatic heterocycles. The van der Waals surface area contributed by atoms with Crippen molar-refractivity contribution in [3.05, 3.63) is 141 Å². The van der Waals surface area contributed by atoms with Crippen molar-refractivity contribution in [3.63, 3.8) is 0 Å². The van der Waals surface area contributed by atoms with E-state index in [0.717, 1.165) is 11.1 Å². The molecule has 12 nitrogen and oxygen atoms in total. The first-order valence-corrected chi connectivity index (χ1v) is 17.6. The van der Waals surface area contributed by atoms with E-state index in [1.165, 1.54) is 32.9 Å². The van der Waals surface area contributed by atoms with Gasteiger partial charge in [0.25, 0.3) is 0 Å². The smallest absolute Gasteiger partial charge is 0.301 e. The molecule has 0 saturated heterocycles. The Bertz CT molecular complexity index is 2230. The van der Waals surface area contributed by atoms with E-state index in [1.807, 2.05) is 109 Å². The fourth-order valence-electron chi connectivity index (χ4n) is 5.43. The largest absolute Gasteiger partial charge is 0.489 e. The van der Waals surface area contributed by atoms with Crippen molar-refractivity contribution in [1.82, 2.24) is 29.7 Å². The number of hydrogen-bond donors (Lipinski definition) is 0. The maximum atomic E-state index is 13.4. The molecule has 0 unspecified atom stereocenters. The van der Waals surface area contributed by atoms with Crippen LogP contribution in [0.15, 0.2) is 139 Å². The van der Waals surface area contributed by atoms with Crippen molar-refractivity contribution in [3.8, 4) is 34.0 Å². The summed E-state index contributed by atoms with van der Waals surface area (Å²) in [7, 11) is 0. The van der Waals surface area contributed by atoms with E-state index in [0.29, 0.717) is 55.9 Å². The van der Waals surface area contributed by atoms with Crippen LogP contribution in [0, 0.1) is 0 Å². The fourth-order valence-corrected chi connectivity index (χ4v) is 7.08. The molecule has 4 heterocycles. The second-order valence-electron chi connectivity index (χ2n) is 11.0. The highest BCUT2D eigenvalue weighted by molar-refractivity contribution is 8.00. The van der Waals surface area contributed by atoms with Gasteiger partial charge in [-0.3, -0.25) is 9.59 Å². The van der Waals surface area contributed by atoms with Crippen LogP contribution in [0.5, 0.6) is 11.5 Å². The molecule has 4 aromatic carbocycles. The maximum absolute atomic E-state index is 13.4. The molecule has 0 N–H and O–H groups in total. The van der Waals surface area contributed by atoms with Gasteiger partial charge in [-0.1, -0.05) is 108 Å². The van der Waals surface area contributed by atoms with Gasteiger partial charge in [-0.2, -0.15) is 19.6 Å². The molecule has 8 rings (SSSR count). The van der Waals surface area contributed by atoms with Gasteiger partial charge < -0.3 is 9.47 Å². The van der Waals surface area contributed by atoms with Gasteiger partial charge in [0, 0.05) is 33.8 Å². The first kappa shape index (κ1) is 31.4. The monoisotopic (exact) mass is 698 g/mol. The van der Waals surface area contributed by atoms with Crippen molar-refractivity contribution in [2.24, 2.45) is 10.2 Å². The third kappa shape index (κ3) is 6.21. The van der Waals surface area contributed by atoms with Gasteiger partial charge in [0.15, 0.2) is 11.4 Å². The fraction of sp³-hybridized carbons (Fsp3) is 0.111. The molecule has 246 valence electrons. The molecule has 14 heteroatoms. The molecule has 0 aliphatic carbocycles. The zero-order valence-electron chi connectivity index (χ0n) is 26.2. The minimum Gasteiger partial charge on any atom is -0.489 e. The average molecular weight is 699 g/mol. The summed E-state index contributed by atoms with van der Waals surface area (Å²) < 4.78 is 15.0. The highest BCUT2D eigenvalue weighted by Gasteiger charge is 2.24. The third-order valence-corrected chi connectivity index (χ3v) is 9.69. The van der Waals surface area contributed by atoms with Crippen molar-refractivity contribution < 1.29 is 9.47 Å². The lowest BCUT2D eigenvalue weighted by molar-refractivity contribution is 0.216. The maximum Gasteiger partial charge on any atom is 0.301 e. The van der Waals surface area contributed by atoms with Crippen LogP contribution in [0.2, 0.25) is 0 Å². The van der Waals surface area contributed by atoms with E-state index in [1.54, 1.807) is 0 Å². The Kier molecular flexibility index (Phi) is 8.76. The Labute approximate surface area is 293 Å². The first-order valence-electron chi connectivity index (χ1n) is 15.6. The summed E-state index contributed by atoms with van der Waals surface area (Å²) >= 11 is 2.78. The summed E-state index contributed by atoms with van der Waals surface area (Å²) in [6.45, 7) is 0.483. The molecule has 2 aliphatic rings. The van der Waals surface area contributed by atoms with E-state index < -0.39 is 0 Å². The molecule has 0 fully saturated rings. The van der Waals surface area contributed by atoms with Crippen LogP contribution >= 0.6 is 23.5 Å². The molecule has 2 aromatic heterocycles. The molecule has 0 atom stereocenters. The topological polar surface area (TPSA) is 139 Å². The van der Waals surface area contributed by atoms with Crippen LogP contribution in [0.1, 0.15) is 11.1 Å². The van der Waals surface area contributed by atoms with Crippen LogP contribution < -0.4 is 20.6 Å². The molecule has 50 heavy (non-hydrogen) atoms. The van der Waals surface area contributed by atoms with Crippen LogP contribution in [0.4, 0.5) is 0 Å². The molecule has 0 saturated carbocycles. The standard InChI is InChI=1S/C36H26N8O4S2/c45-33-31(23-11-3-1-4-12-23)37-39-35-43(33)41-27(21-49-35)25-15-7-9-17-29(25)47-19-20-48-30-18-10-8-16-26(30)28-22-50-36-40-38-32(34(46)44(36)42-28)24-13-5-2-6-14-24/h1-18H,19-22H2. The second-order valence-corrected chi connectivity index (χ2v) is 12.9. The lowest BCUT2D eigenvalue weighted by atomic mass is 10.1. The van der Waals surface area contributed by atoms with Crippen molar-refractivity contribution in [1.29, 1.82) is 0 Å². The predicted octanol–water partition coefficient (Wildman–Crippen LogP) is 5.10. The summed E-state index contributed by atoms with van der Waals surface area (Å²) in [6, 6.07) is 33.6. The quantitative estimate of drug-likeness (QED) is 0.188. The van der Waals surface area contributed by atoms with Gasteiger partial charge >= 0.3 is 11.1 Å². The minimum absolute atomic E-state index is 0.238. The first-order chi connectivity index (χ1) is 24.6. The van der Waals surface area contributed by atoms with Crippen molar-refractivity contribution >= 4 is 34.9 Å². The van der Waals surface area contributed by atoms with Gasteiger partial charge in [-0.15, -0.1) is 20.4 Å². The second kappa shape index (κ2) is 13.9. The van der Waals surface area contributed by atoms with Crippen LogP contribution in [0.25, 0.3) is 22.5 Å². The highest BCUT2D eigenvalue weighted by atomic mass is 32.2. The van der Waals surface area contributed by atoms with E-state index in [4.69, 9.17) is 9.47 Å². The zero-order chi connectivity index (χ0) is 33.9. The van der Waals surface area contributed by atoms with E-state index in [2.05, 4.69) is 30.6 Å². The van der Waals surface area contributed by atoms with Crippen LogP contribution in [-0.2, 0) is 0 Å². The van der Waals surface area contributed by atoms with Crippen molar-refractivity contribution in [2.45, 2.75) is 10.3 Å². The Morgan fingerprint density at radius 1 is 0.520 bits per heavy atom. The molecular formula is C36H26N8O4S2. The van der Waals surface area contributed by atoms with E-state index in [9.17, 15) is 9.59 Å². The number of para-hydroxylation sites is 2. The number of aromatic nitrogens is 6. The summed E-state index contributed by atoms with van der Waals surface area (Å²) in [4.78, 5) is 26.7.